The molecule has 2 unspecified atom stereocenters. The van der Waals surface area contributed by atoms with Crippen LogP contribution in [0, 0.1) is 36.0 Å². The maximum atomic E-state index is 14.0. The molecule has 0 saturated carbocycles. The first-order chi connectivity index (χ1) is 18.9. The highest BCUT2D eigenvalue weighted by molar-refractivity contribution is 7.80. The van der Waals surface area contributed by atoms with Gasteiger partial charge in [0.2, 0.25) is 45.9 Å². The second kappa shape index (κ2) is 10.5. The quantitative estimate of drug-likeness (QED) is 0.132. The van der Waals surface area contributed by atoms with E-state index in [0.29, 0.717) is 28.2 Å². The third-order valence-electron chi connectivity index (χ3n) is 6.20. The Morgan fingerprint density at radius 3 is 2.23 bits per heavy atom. The predicted octanol–water partition coefficient (Wildman–Crippen LogP) is 7.85. The normalized spacial score (nSPS) is 15.9. The van der Waals surface area contributed by atoms with E-state index >= 15 is 0 Å². The molecule has 40 heavy (non-hydrogen) atoms. The monoisotopic (exact) mass is 605 g/mol. The standard InChI is InChI=1S/C26H15F8NO3S2/c1-11-35-18(10-39-11)17-8-12(26(32,33)34)2-4-14(17)15-6-7-37-19-9-13(3-5-16(15)19)40(36)38-25-23(30)21(28)20(27)22(29)24(25)31/h2-5,8-10,15H,6-7H2,1H3. The molecule has 4 nitrogen and oxygen atoms in total. The maximum Gasteiger partial charge on any atom is 0.416 e. The minimum absolute atomic E-state index is 0.114. The van der Waals surface area contributed by atoms with Crippen molar-refractivity contribution in [3.05, 3.63) is 92.6 Å². The molecule has 2 atom stereocenters. The van der Waals surface area contributed by atoms with Gasteiger partial charge in [0.15, 0.2) is 0 Å². The molecule has 0 spiro atoms. The molecule has 4 aromatic rings. The fourth-order valence-corrected chi connectivity index (χ4v) is 5.71. The van der Waals surface area contributed by atoms with Gasteiger partial charge in [-0.25, -0.2) is 22.4 Å². The number of hydrogen-bond acceptors (Lipinski definition) is 5. The first kappa shape index (κ1) is 28.0. The molecule has 2 heterocycles. The van der Waals surface area contributed by atoms with Crippen molar-refractivity contribution in [2.75, 3.05) is 6.61 Å². The number of hydrogen-bond donors (Lipinski definition) is 0. The Balaban J connectivity index is 1.51. The zero-order valence-electron chi connectivity index (χ0n) is 20.0. The van der Waals surface area contributed by atoms with Crippen LogP contribution < -0.4 is 8.92 Å². The lowest BCUT2D eigenvalue weighted by atomic mass is 9.83. The van der Waals surface area contributed by atoms with Crippen molar-refractivity contribution in [1.82, 2.24) is 4.98 Å². The molecular weight excluding hydrogens is 590 g/mol. The highest BCUT2D eigenvalue weighted by atomic mass is 32.2. The van der Waals surface area contributed by atoms with E-state index in [1.54, 1.807) is 12.3 Å². The highest BCUT2D eigenvalue weighted by Gasteiger charge is 2.34. The van der Waals surface area contributed by atoms with Gasteiger partial charge in [-0.2, -0.15) is 22.0 Å². The highest BCUT2D eigenvalue weighted by Crippen LogP contribution is 2.44. The number of ether oxygens (including phenoxy) is 1. The van der Waals surface area contributed by atoms with E-state index < -0.39 is 63.6 Å². The van der Waals surface area contributed by atoms with E-state index in [1.807, 2.05) is 0 Å². The van der Waals surface area contributed by atoms with Gasteiger partial charge in [-0.1, -0.05) is 12.1 Å². The van der Waals surface area contributed by atoms with Gasteiger partial charge in [0.25, 0.3) is 0 Å². The summed E-state index contributed by atoms with van der Waals surface area (Å²) in [6.45, 7) is 1.84. The van der Waals surface area contributed by atoms with Gasteiger partial charge in [0, 0.05) is 28.5 Å². The molecule has 0 amide bonds. The van der Waals surface area contributed by atoms with Crippen LogP contribution in [-0.4, -0.2) is 15.8 Å². The fraction of sp³-hybridized carbons (Fsp3) is 0.192. The Morgan fingerprint density at radius 1 is 0.950 bits per heavy atom. The number of rotatable bonds is 5. The molecule has 14 heteroatoms. The van der Waals surface area contributed by atoms with Gasteiger partial charge in [0.1, 0.15) is 5.75 Å². The molecule has 0 bridgehead atoms. The minimum Gasteiger partial charge on any atom is -0.493 e. The van der Waals surface area contributed by atoms with Gasteiger partial charge >= 0.3 is 6.18 Å². The van der Waals surface area contributed by atoms with Gasteiger partial charge in [-0.05, 0) is 37.1 Å². The summed E-state index contributed by atoms with van der Waals surface area (Å²) < 4.78 is 132. The topological polar surface area (TPSA) is 48.4 Å². The predicted molar refractivity (Wildman–Crippen MR) is 129 cm³/mol. The lowest BCUT2D eigenvalue weighted by Gasteiger charge is -2.28. The summed E-state index contributed by atoms with van der Waals surface area (Å²) in [6, 6.07) is 7.25. The lowest BCUT2D eigenvalue weighted by Crippen LogP contribution is -2.17. The summed E-state index contributed by atoms with van der Waals surface area (Å²) in [5, 5.41) is 2.31. The average molecular weight is 606 g/mol. The first-order valence-corrected chi connectivity index (χ1v) is 13.3. The van der Waals surface area contributed by atoms with Crippen LogP contribution in [0.25, 0.3) is 11.3 Å². The van der Waals surface area contributed by atoms with Gasteiger partial charge in [-0.3, -0.25) is 0 Å². The van der Waals surface area contributed by atoms with Crippen molar-refractivity contribution in [3.8, 4) is 22.8 Å². The molecular formula is C26H15F8NO3S2. The number of alkyl halides is 3. The third kappa shape index (κ3) is 5.05. The second-order valence-electron chi connectivity index (χ2n) is 8.66. The zero-order chi connectivity index (χ0) is 28.9. The lowest BCUT2D eigenvalue weighted by molar-refractivity contribution is -0.137. The Bertz CT molecular complexity index is 1620. The summed E-state index contributed by atoms with van der Waals surface area (Å²) >= 11 is -1.45. The summed E-state index contributed by atoms with van der Waals surface area (Å²) in [6.07, 6.45) is -4.21. The van der Waals surface area contributed by atoms with Crippen LogP contribution in [0.15, 0.2) is 46.7 Å². The number of halogens is 8. The molecule has 0 fully saturated rings. The first-order valence-electron chi connectivity index (χ1n) is 11.4. The number of aryl methyl sites for hydroxylation is 1. The van der Waals surface area contributed by atoms with Crippen molar-refractivity contribution in [2.24, 2.45) is 0 Å². The van der Waals surface area contributed by atoms with E-state index in [2.05, 4.69) is 9.17 Å². The van der Waals surface area contributed by atoms with E-state index in [-0.39, 0.29) is 22.8 Å². The summed E-state index contributed by atoms with van der Waals surface area (Å²) in [5.74, 6) is -13.5. The van der Waals surface area contributed by atoms with Crippen molar-refractivity contribution >= 4 is 22.4 Å². The molecule has 0 N–H and O–H groups in total. The molecule has 0 radical (unpaired) electrons. The zero-order valence-corrected chi connectivity index (χ0v) is 21.7. The van der Waals surface area contributed by atoms with Gasteiger partial charge < -0.3 is 8.92 Å². The van der Waals surface area contributed by atoms with E-state index in [9.17, 15) is 39.3 Å². The molecule has 1 aliphatic rings. The van der Waals surface area contributed by atoms with E-state index in [1.165, 1.54) is 35.6 Å². The van der Waals surface area contributed by atoms with Crippen LogP contribution in [0.5, 0.6) is 11.5 Å². The summed E-state index contributed by atoms with van der Waals surface area (Å²) in [5.41, 5.74) is 0.843. The van der Waals surface area contributed by atoms with Crippen molar-refractivity contribution in [3.63, 3.8) is 0 Å². The Kier molecular flexibility index (Phi) is 7.33. The largest absolute Gasteiger partial charge is 0.493 e. The number of fused-ring (bicyclic) bond motifs is 1. The van der Waals surface area contributed by atoms with Gasteiger partial charge in [0.05, 0.1) is 27.8 Å². The summed E-state index contributed by atoms with van der Waals surface area (Å²) in [4.78, 5) is 4.13. The van der Waals surface area contributed by atoms with Crippen LogP contribution in [-0.2, 0) is 17.3 Å². The van der Waals surface area contributed by atoms with Crippen LogP contribution >= 0.6 is 11.3 Å². The molecule has 3 aromatic carbocycles. The Hall–Kier alpha value is -3.52. The molecule has 0 aliphatic carbocycles. The fourth-order valence-electron chi connectivity index (χ4n) is 4.32. The molecule has 210 valence electrons. The Morgan fingerprint density at radius 2 is 1.60 bits per heavy atom. The number of benzene rings is 3. The smallest absolute Gasteiger partial charge is 0.416 e. The van der Waals surface area contributed by atoms with Crippen LogP contribution in [0.1, 0.15) is 34.0 Å². The van der Waals surface area contributed by atoms with E-state index in [0.717, 1.165) is 12.1 Å². The van der Waals surface area contributed by atoms with Crippen molar-refractivity contribution < 1.29 is 48.3 Å². The second-order valence-corrected chi connectivity index (χ2v) is 10.8. The summed E-state index contributed by atoms with van der Waals surface area (Å²) in [7, 11) is 0. The molecule has 0 saturated heterocycles. The van der Waals surface area contributed by atoms with Crippen molar-refractivity contribution in [2.45, 2.75) is 30.3 Å². The molecule has 1 aliphatic heterocycles. The van der Waals surface area contributed by atoms with E-state index in [4.69, 9.17) is 4.74 Å². The maximum absolute atomic E-state index is 14.0. The third-order valence-corrected chi connectivity index (χ3v) is 7.93. The number of thiazole rings is 1. The van der Waals surface area contributed by atoms with Crippen LogP contribution in [0.4, 0.5) is 35.1 Å². The van der Waals surface area contributed by atoms with Gasteiger partial charge in [-0.15, -0.1) is 11.3 Å². The van der Waals surface area contributed by atoms with Crippen LogP contribution in [0.2, 0.25) is 0 Å². The Labute approximate surface area is 227 Å². The number of aromatic nitrogens is 1. The minimum atomic E-state index is -4.58. The number of nitrogens with zero attached hydrogens (tertiary/aromatic N) is 1. The SMILES string of the molecule is Cc1nc(-c2cc(C(F)(F)F)ccc2C2CCOc3cc(S(=O)Oc4c(F)c(F)c(F)c(F)c4F)ccc32)cs1. The average Bonchev–Trinajstić information content (AvgIpc) is 3.37. The molecule has 1 aromatic heterocycles. The van der Waals surface area contributed by atoms with Crippen molar-refractivity contribution in [1.29, 1.82) is 0 Å². The molecule has 5 rings (SSSR count). The van der Waals surface area contributed by atoms with Crippen LogP contribution in [0.3, 0.4) is 0 Å².